The van der Waals surface area contributed by atoms with Gasteiger partial charge in [-0.2, -0.15) is 0 Å². The summed E-state index contributed by atoms with van der Waals surface area (Å²) in [5, 5.41) is 3.27. The van der Waals surface area contributed by atoms with Crippen LogP contribution in [0.4, 0.5) is 5.69 Å². The van der Waals surface area contributed by atoms with Crippen molar-refractivity contribution in [2.24, 2.45) is 0 Å². The normalized spacial score (nSPS) is 19.8. The number of hydrogen-bond donors (Lipinski definition) is 1. The van der Waals surface area contributed by atoms with Gasteiger partial charge < -0.3 is 15.0 Å². The van der Waals surface area contributed by atoms with Gasteiger partial charge in [0.25, 0.3) is 0 Å². The summed E-state index contributed by atoms with van der Waals surface area (Å²) in [4.78, 5) is 13.5. The number of ether oxygens (including phenoxy) is 1. The Morgan fingerprint density at radius 1 is 1.53 bits per heavy atom. The molecule has 17 heavy (non-hydrogen) atoms. The number of nitrogens with one attached hydrogen (secondary N) is 1. The van der Waals surface area contributed by atoms with E-state index < -0.39 is 0 Å². The van der Waals surface area contributed by atoms with Crippen molar-refractivity contribution < 1.29 is 9.53 Å². The lowest BCUT2D eigenvalue weighted by molar-refractivity contribution is -0.127. The molecule has 1 atom stereocenters. The molecule has 2 rings (SSSR count). The second-order valence-electron chi connectivity index (χ2n) is 4.38. The van der Waals surface area contributed by atoms with E-state index >= 15 is 0 Å². The highest BCUT2D eigenvalue weighted by atomic mass is 16.5. The van der Waals surface area contributed by atoms with Gasteiger partial charge in [-0.3, -0.25) is 4.79 Å². The van der Waals surface area contributed by atoms with Crippen molar-refractivity contribution in [2.45, 2.75) is 19.1 Å². The highest BCUT2D eigenvalue weighted by Gasteiger charge is 2.28. The number of anilines is 1. The zero-order valence-corrected chi connectivity index (χ0v) is 10.3. The predicted molar refractivity (Wildman–Crippen MR) is 66.8 cm³/mol. The van der Waals surface area contributed by atoms with Crippen LogP contribution in [0.1, 0.15) is 12.0 Å². The Morgan fingerprint density at radius 3 is 3.00 bits per heavy atom. The van der Waals surface area contributed by atoms with Crippen LogP contribution in [0.2, 0.25) is 0 Å². The highest BCUT2D eigenvalue weighted by molar-refractivity contribution is 5.86. The molecule has 0 aromatic heterocycles. The Labute approximate surface area is 102 Å². The first-order valence-electron chi connectivity index (χ1n) is 5.80. The molecule has 1 N–H and O–H groups in total. The van der Waals surface area contributed by atoms with Crippen molar-refractivity contribution in [3.63, 3.8) is 0 Å². The van der Waals surface area contributed by atoms with Crippen LogP contribution in [0, 0.1) is 0 Å². The fourth-order valence-electron chi connectivity index (χ4n) is 2.08. The molecule has 1 fully saturated rings. The zero-order valence-electron chi connectivity index (χ0n) is 10.3. The summed E-state index contributed by atoms with van der Waals surface area (Å²) in [6.45, 7) is 1.42. The number of benzene rings is 1. The number of carbonyl (C=O) groups excluding carboxylic acids is 1. The monoisotopic (exact) mass is 234 g/mol. The minimum atomic E-state index is -0.0854. The van der Waals surface area contributed by atoms with Gasteiger partial charge in [-0.15, -0.1) is 0 Å². The molecular formula is C13H18N2O2. The lowest BCUT2D eigenvalue weighted by atomic mass is 10.2. The smallest absolute Gasteiger partial charge is 0.244 e. The Kier molecular flexibility index (Phi) is 3.64. The molecule has 0 radical (unpaired) electrons. The van der Waals surface area contributed by atoms with Crippen molar-refractivity contribution in [1.82, 2.24) is 4.90 Å². The van der Waals surface area contributed by atoms with E-state index in [4.69, 9.17) is 4.74 Å². The number of amides is 1. The Bertz CT molecular complexity index is 406. The van der Waals surface area contributed by atoms with E-state index in [1.807, 2.05) is 31.3 Å². The number of carbonyl (C=O) groups is 1. The van der Waals surface area contributed by atoms with Crippen LogP contribution in [-0.4, -0.2) is 37.6 Å². The minimum Gasteiger partial charge on any atom is -0.380 e. The third-order valence-electron chi connectivity index (χ3n) is 3.01. The van der Waals surface area contributed by atoms with Crippen LogP contribution in [0.5, 0.6) is 0 Å². The molecule has 0 spiro atoms. The van der Waals surface area contributed by atoms with Crippen molar-refractivity contribution in [1.29, 1.82) is 0 Å². The quantitative estimate of drug-likeness (QED) is 0.858. The SMILES string of the molecule is COCc1cccc(NC2CCN(C)C2=O)c1. The van der Waals surface area contributed by atoms with Crippen LogP contribution in [0.25, 0.3) is 0 Å². The van der Waals surface area contributed by atoms with Gasteiger partial charge in [0.1, 0.15) is 6.04 Å². The number of likely N-dealkylation sites (N-methyl/N-ethyl adjacent to an activating group) is 1. The van der Waals surface area contributed by atoms with Crippen molar-refractivity contribution in [3.05, 3.63) is 29.8 Å². The third kappa shape index (κ3) is 2.77. The summed E-state index contributed by atoms with van der Waals surface area (Å²) in [5.74, 6) is 0.169. The summed E-state index contributed by atoms with van der Waals surface area (Å²) < 4.78 is 5.09. The minimum absolute atomic E-state index is 0.0854. The molecule has 1 unspecified atom stereocenters. The van der Waals surface area contributed by atoms with E-state index in [1.165, 1.54) is 0 Å². The first kappa shape index (κ1) is 11.9. The number of rotatable bonds is 4. The van der Waals surface area contributed by atoms with E-state index in [0.717, 1.165) is 24.2 Å². The molecule has 4 nitrogen and oxygen atoms in total. The van der Waals surface area contributed by atoms with Crippen molar-refractivity contribution in [3.8, 4) is 0 Å². The summed E-state index contributed by atoms with van der Waals surface area (Å²) in [6.07, 6.45) is 0.865. The maximum Gasteiger partial charge on any atom is 0.244 e. The van der Waals surface area contributed by atoms with E-state index in [1.54, 1.807) is 12.0 Å². The maximum absolute atomic E-state index is 11.8. The molecular weight excluding hydrogens is 216 g/mol. The fourth-order valence-corrected chi connectivity index (χ4v) is 2.08. The van der Waals surface area contributed by atoms with Crippen LogP contribution in [0.15, 0.2) is 24.3 Å². The third-order valence-corrected chi connectivity index (χ3v) is 3.01. The molecule has 1 aliphatic heterocycles. The van der Waals surface area contributed by atoms with Gasteiger partial charge in [-0.25, -0.2) is 0 Å². The molecule has 1 aromatic rings. The van der Waals surface area contributed by atoms with E-state index in [-0.39, 0.29) is 11.9 Å². The molecule has 1 amide bonds. The Hall–Kier alpha value is -1.55. The first-order valence-corrected chi connectivity index (χ1v) is 5.80. The van der Waals surface area contributed by atoms with Gasteiger partial charge in [0.2, 0.25) is 5.91 Å². The molecule has 4 heteroatoms. The molecule has 92 valence electrons. The maximum atomic E-state index is 11.8. The van der Waals surface area contributed by atoms with Gasteiger partial charge in [0.15, 0.2) is 0 Å². The van der Waals surface area contributed by atoms with Crippen LogP contribution in [-0.2, 0) is 16.1 Å². The highest BCUT2D eigenvalue weighted by Crippen LogP contribution is 2.17. The summed E-state index contributed by atoms with van der Waals surface area (Å²) in [7, 11) is 3.51. The van der Waals surface area contributed by atoms with Gasteiger partial charge in [-0.1, -0.05) is 12.1 Å². The molecule has 0 bridgehead atoms. The number of likely N-dealkylation sites (tertiary alicyclic amines) is 1. The summed E-state index contributed by atoms with van der Waals surface area (Å²) >= 11 is 0. The van der Waals surface area contributed by atoms with Crippen molar-refractivity contribution in [2.75, 3.05) is 26.0 Å². The number of methoxy groups -OCH3 is 1. The molecule has 1 saturated heterocycles. The van der Waals surface area contributed by atoms with Crippen molar-refractivity contribution >= 4 is 11.6 Å². The van der Waals surface area contributed by atoms with E-state index in [9.17, 15) is 4.79 Å². The largest absolute Gasteiger partial charge is 0.380 e. The Morgan fingerprint density at radius 2 is 2.35 bits per heavy atom. The molecule has 0 saturated carbocycles. The number of hydrogen-bond acceptors (Lipinski definition) is 3. The van der Waals surface area contributed by atoms with E-state index in [0.29, 0.717) is 6.61 Å². The lowest BCUT2D eigenvalue weighted by Crippen LogP contribution is -2.30. The zero-order chi connectivity index (χ0) is 12.3. The molecule has 1 aromatic carbocycles. The average molecular weight is 234 g/mol. The van der Waals surface area contributed by atoms with Crippen LogP contribution < -0.4 is 5.32 Å². The second kappa shape index (κ2) is 5.19. The average Bonchev–Trinajstić information content (AvgIpc) is 2.62. The summed E-state index contributed by atoms with van der Waals surface area (Å²) in [5.41, 5.74) is 2.09. The number of nitrogens with zero attached hydrogens (tertiary/aromatic N) is 1. The fraction of sp³-hybridized carbons (Fsp3) is 0.462. The Balaban J connectivity index is 2.03. The topological polar surface area (TPSA) is 41.6 Å². The van der Waals surface area contributed by atoms with Gasteiger partial charge in [0, 0.05) is 26.4 Å². The molecule has 1 heterocycles. The van der Waals surface area contributed by atoms with Crippen LogP contribution in [0.3, 0.4) is 0 Å². The predicted octanol–water partition coefficient (Wildman–Crippen LogP) is 1.48. The van der Waals surface area contributed by atoms with Gasteiger partial charge >= 0.3 is 0 Å². The molecule has 0 aliphatic carbocycles. The summed E-state index contributed by atoms with van der Waals surface area (Å²) in [6, 6.07) is 7.90. The van der Waals surface area contributed by atoms with Crippen LogP contribution >= 0.6 is 0 Å². The van der Waals surface area contributed by atoms with Gasteiger partial charge in [-0.05, 0) is 24.1 Å². The lowest BCUT2D eigenvalue weighted by Gasteiger charge is -2.14. The standard InChI is InChI=1S/C13H18N2O2/c1-15-7-6-12(13(15)16)14-11-5-3-4-10(8-11)9-17-2/h3-5,8,12,14H,6-7,9H2,1-2H3. The molecule has 1 aliphatic rings. The van der Waals surface area contributed by atoms with E-state index in [2.05, 4.69) is 5.32 Å². The first-order chi connectivity index (χ1) is 8.20. The second-order valence-corrected chi connectivity index (χ2v) is 4.38. The van der Waals surface area contributed by atoms with Gasteiger partial charge in [0.05, 0.1) is 6.61 Å².